The first kappa shape index (κ1) is 18.6. The molecule has 7 heteroatoms. The molecule has 1 aromatic carbocycles. The molecule has 3 fully saturated rings. The lowest BCUT2D eigenvalue weighted by molar-refractivity contribution is -0.144. The average Bonchev–Trinajstić information content (AvgIpc) is 3.36. The van der Waals surface area contributed by atoms with Crippen molar-refractivity contribution in [1.82, 2.24) is 14.7 Å². The van der Waals surface area contributed by atoms with Gasteiger partial charge in [-0.3, -0.25) is 9.59 Å². The van der Waals surface area contributed by atoms with Crippen LogP contribution in [0.5, 0.6) is 5.75 Å². The number of carbonyl (C=O) groups excluding carboxylic acids is 2. The van der Waals surface area contributed by atoms with E-state index in [1.807, 2.05) is 46.2 Å². The highest BCUT2D eigenvalue weighted by Gasteiger charge is 2.67. The topological polar surface area (TPSA) is 62.3 Å². The number of benzene rings is 1. The molecule has 5 rings (SSSR count). The summed E-state index contributed by atoms with van der Waals surface area (Å²) in [6.07, 6.45) is 3.71. The van der Waals surface area contributed by atoms with E-state index in [4.69, 9.17) is 9.47 Å². The van der Waals surface area contributed by atoms with Gasteiger partial charge < -0.3 is 24.2 Å². The van der Waals surface area contributed by atoms with Gasteiger partial charge in [0.05, 0.1) is 31.6 Å². The maximum atomic E-state index is 13.4. The van der Waals surface area contributed by atoms with Gasteiger partial charge in [-0.25, -0.2) is 0 Å². The molecule has 4 aliphatic rings. The van der Waals surface area contributed by atoms with Gasteiger partial charge in [0.15, 0.2) is 0 Å². The van der Waals surface area contributed by atoms with Crippen LogP contribution in [0.3, 0.4) is 0 Å². The van der Waals surface area contributed by atoms with Crippen LogP contribution in [0.1, 0.15) is 5.56 Å². The number of fused-ring (bicyclic) bond motifs is 1. The predicted molar refractivity (Wildman–Crippen MR) is 106 cm³/mol. The number of likely N-dealkylation sites (tertiary alicyclic amines) is 1. The second-order valence-electron chi connectivity index (χ2n) is 8.57. The molecule has 0 unspecified atom stereocenters. The summed E-state index contributed by atoms with van der Waals surface area (Å²) in [5.41, 5.74) is 0.350. The number of amides is 2. The van der Waals surface area contributed by atoms with Gasteiger partial charge in [-0.2, -0.15) is 0 Å². The number of hydrogen-bond donors (Lipinski definition) is 0. The zero-order valence-electron chi connectivity index (χ0n) is 16.9. The van der Waals surface area contributed by atoms with Gasteiger partial charge >= 0.3 is 0 Å². The smallest absolute Gasteiger partial charge is 0.230 e. The van der Waals surface area contributed by atoms with Crippen molar-refractivity contribution in [3.63, 3.8) is 0 Å². The minimum Gasteiger partial charge on any atom is -0.497 e. The molecule has 1 aromatic rings. The standard InChI is InChI=1S/C22H27N3O4/c1-23-8-10-24(11-9-23)20(26)18-17-6-7-22(29-17)14-25(21(27)19(18)22)13-15-4-3-5-16(12-15)28-2/h3-7,12,17-19H,8-11,13-14H2,1-2H3/t17-,18+,19+,22-/m0/s1. The number of likely N-dealkylation sites (N-methyl/N-ethyl adjacent to an activating group) is 1. The van der Waals surface area contributed by atoms with Crippen molar-refractivity contribution in [2.75, 3.05) is 46.9 Å². The van der Waals surface area contributed by atoms with Crippen LogP contribution in [-0.2, 0) is 20.9 Å². The molecule has 0 aromatic heterocycles. The first-order chi connectivity index (χ1) is 14.0. The van der Waals surface area contributed by atoms with Gasteiger partial charge in [-0.1, -0.05) is 24.3 Å². The number of rotatable bonds is 4. The Balaban J connectivity index is 1.36. The van der Waals surface area contributed by atoms with Crippen molar-refractivity contribution in [3.8, 4) is 5.75 Å². The van der Waals surface area contributed by atoms with Crippen molar-refractivity contribution in [3.05, 3.63) is 42.0 Å². The Hall–Kier alpha value is -2.38. The van der Waals surface area contributed by atoms with Gasteiger partial charge in [0, 0.05) is 32.7 Å². The Morgan fingerprint density at radius 1 is 1.28 bits per heavy atom. The van der Waals surface area contributed by atoms with Crippen molar-refractivity contribution in [2.24, 2.45) is 11.8 Å². The van der Waals surface area contributed by atoms with Crippen molar-refractivity contribution >= 4 is 11.8 Å². The fourth-order valence-corrected chi connectivity index (χ4v) is 5.22. The van der Waals surface area contributed by atoms with Gasteiger partial charge in [-0.15, -0.1) is 0 Å². The summed E-state index contributed by atoms with van der Waals surface area (Å²) < 4.78 is 11.6. The van der Waals surface area contributed by atoms with Crippen LogP contribution in [0.25, 0.3) is 0 Å². The zero-order chi connectivity index (χ0) is 20.2. The fraction of sp³-hybridized carbons (Fsp3) is 0.545. The molecular weight excluding hydrogens is 370 g/mol. The molecule has 4 atom stereocenters. The molecule has 0 N–H and O–H groups in total. The number of hydrogen-bond acceptors (Lipinski definition) is 5. The van der Waals surface area contributed by atoms with Crippen molar-refractivity contribution in [1.29, 1.82) is 0 Å². The molecule has 29 heavy (non-hydrogen) atoms. The third-order valence-corrected chi connectivity index (χ3v) is 6.79. The number of carbonyl (C=O) groups is 2. The molecule has 0 aliphatic carbocycles. The normalized spacial score (nSPS) is 33.4. The monoisotopic (exact) mass is 397 g/mol. The zero-order valence-corrected chi connectivity index (χ0v) is 16.9. The number of methoxy groups -OCH3 is 1. The average molecular weight is 397 g/mol. The van der Waals surface area contributed by atoms with E-state index in [0.29, 0.717) is 26.2 Å². The molecule has 3 saturated heterocycles. The molecule has 1 spiro atoms. The Morgan fingerprint density at radius 2 is 2.07 bits per heavy atom. The molecule has 4 aliphatic heterocycles. The summed E-state index contributed by atoms with van der Waals surface area (Å²) in [4.78, 5) is 32.7. The molecular formula is C22H27N3O4. The summed E-state index contributed by atoms with van der Waals surface area (Å²) in [6, 6.07) is 7.75. The largest absolute Gasteiger partial charge is 0.497 e. The quantitative estimate of drug-likeness (QED) is 0.702. The van der Waals surface area contributed by atoms with E-state index < -0.39 is 17.4 Å². The third kappa shape index (κ3) is 2.95. The van der Waals surface area contributed by atoms with E-state index in [0.717, 1.165) is 24.4 Å². The summed E-state index contributed by atoms with van der Waals surface area (Å²) in [6.45, 7) is 4.14. The van der Waals surface area contributed by atoms with E-state index in [1.54, 1.807) is 7.11 Å². The van der Waals surface area contributed by atoms with Gasteiger partial charge in [0.1, 0.15) is 11.4 Å². The molecule has 2 amide bonds. The van der Waals surface area contributed by atoms with Gasteiger partial charge in [-0.05, 0) is 24.7 Å². The lowest BCUT2D eigenvalue weighted by Gasteiger charge is -2.35. The molecule has 4 heterocycles. The van der Waals surface area contributed by atoms with Crippen LogP contribution >= 0.6 is 0 Å². The maximum absolute atomic E-state index is 13.4. The highest BCUT2D eigenvalue weighted by Crippen LogP contribution is 2.52. The second-order valence-corrected chi connectivity index (χ2v) is 8.57. The molecule has 0 radical (unpaired) electrons. The van der Waals surface area contributed by atoms with Crippen LogP contribution < -0.4 is 4.74 Å². The molecule has 2 bridgehead atoms. The van der Waals surface area contributed by atoms with Crippen LogP contribution in [-0.4, -0.2) is 85.1 Å². The van der Waals surface area contributed by atoms with E-state index in [-0.39, 0.29) is 17.9 Å². The minimum atomic E-state index is -0.659. The fourth-order valence-electron chi connectivity index (χ4n) is 5.22. The Labute approximate surface area is 170 Å². The summed E-state index contributed by atoms with van der Waals surface area (Å²) in [5, 5.41) is 0. The molecule has 7 nitrogen and oxygen atoms in total. The SMILES string of the molecule is COc1cccc(CN2C[C@]34C=C[C@H](O3)[C@@H](C(=O)N3CCN(C)CC3)[C@@H]4C2=O)c1. The third-order valence-electron chi connectivity index (χ3n) is 6.79. The second kappa shape index (κ2) is 6.85. The Kier molecular flexibility index (Phi) is 4.40. The number of nitrogens with zero attached hydrogens (tertiary/aromatic N) is 3. The van der Waals surface area contributed by atoms with Gasteiger partial charge in [0.25, 0.3) is 0 Å². The van der Waals surface area contributed by atoms with Crippen molar-refractivity contribution < 1.29 is 19.1 Å². The molecule has 0 saturated carbocycles. The van der Waals surface area contributed by atoms with Crippen LogP contribution in [0.15, 0.2) is 36.4 Å². The summed E-state index contributed by atoms with van der Waals surface area (Å²) >= 11 is 0. The number of piperazine rings is 1. The lowest BCUT2D eigenvalue weighted by Crippen LogP contribution is -2.52. The van der Waals surface area contributed by atoms with E-state index >= 15 is 0 Å². The number of ether oxygens (including phenoxy) is 2. The minimum absolute atomic E-state index is 0.0205. The Morgan fingerprint density at radius 3 is 2.83 bits per heavy atom. The van der Waals surface area contributed by atoms with E-state index in [9.17, 15) is 9.59 Å². The lowest BCUT2D eigenvalue weighted by atomic mass is 9.76. The van der Waals surface area contributed by atoms with Crippen molar-refractivity contribution in [2.45, 2.75) is 18.2 Å². The van der Waals surface area contributed by atoms with Crippen LogP contribution in [0, 0.1) is 11.8 Å². The van der Waals surface area contributed by atoms with E-state index in [1.165, 1.54) is 0 Å². The van der Waals surface area contributed by atoms with Crippen LogP contribution in [0.2, 0.25) is 0 Å². The highest BCUT2D eigenvalue weighted by atomic mass is 16.5. The Bertz CT molecular complexity index is 863. The van der Waals surface area contributed by atoms with Crippen LogP contribution in [0.4, 0.5) is 0 Å². The molecule has 154 valence electrons. The van der Waals surface area contributed by atoms with E-state index in [2.05, 4.69) is 11.9 Å². The predicted octanol–water partition coefficient (Wildman–Crippen LogP) is 0.751. The first-order valence-electron chi connectivity index (χ1n) is 10.3. The highest BCUT2D eigenvalue weighted by molar-refractivity contribution is 5.93. The summed E-state index contributed by atoms with van der Waals surface area (Å²) in [7, 11) is 3.70. The van der Waals surface area contributed by atoms with Gasteiger partial charge in [0.2, 0.25) is 11.8 Å². The summed E-state index contributed by atoms with van der Waals surface area (Å²) in [5.74, 6) is 0.0252. The first-order valence-corrected chi connectivity index (χ1v) is 10.3. The maximum Gasteiger partial charge on any atom is 0.230 e.